The van der Waals surface area contributed by atoms with E-state index in [9.17, 15) is 0 Å². The van der Waals surface area contributed by atoms with Crippen LogP contribution in [0.15, 0.2) is 0 Å². The van der Waals surface area contributed by atoms with Gasteiger partial charge in [-0.15, -0.1) is 0 Å². The first-order chi connectivity index (χ1) is 2.81. The molecule has 0 rings (SSSR count). The van der Waals surface area contributed by atoms with Crippen molar-refractivity contribution in [3.63, 3.8) is 0 Å². The summed E-state index contributed by atoms with van der Waals surface area (Å²) in [6.07, 6.45) is 2.22. The van der Waals surface area contributed by atoms with E-state index >= 15 is 0 Å². The molecule has 1 nitrogen and oxygen atoms in total. The molecule has 0 atom stereocenters. The molecule has 38 valence electrons. The van der Waals surface area contributed by atoms with Crippen molar-refractivity contribution < 1.29 is 0 Å². The molecule has 7 heavy (non-hydrogen) atoms. The normalized spacial score (nSPS) is 7.29. The van der Waals surface area contributed by atoms with Crippen LogP contribution in [-0.4, -0.2) is 36.4 Å². The summed E-state index contributed by atoms with van der Waals surface area (Å²) >= 11 is 0. The average molecular weight is 109 g/mol. The van der Waals surface area contributed by atoms with E-state index < -0.39 is 0 Å². The number of rotatable bonds is 2. The van der Waals surface area contributed by atoms with Crippen LogP contribution in [0, 0.1) is 0 Å². The molecule has 0 heterocycles. The van der Waals surface area contributed by atoms with Crippen LogP contribution in [0.3, 0.4) is 0 Å². The molecule has 0 aliphatic heterocycles. The summed E-state index contributed by atoms with van der Waals surface area (Å²) in [7, 11) is 0. The van der Waals surface area contributed by atoms with Gasteiger partial charge < -0.3 is 5.64 Å². The fourth-order valence-corrected chi connectivity index (χ4v) is 0.289. The topological polar surface area (TPSA) is 26.0 Å². The van der Waals surface area contributed by atoms with Crippen LogP contribution in [0.25, 0.3) is 0 Å². The number of hydrogen-bond donors (Lipinski definition) is 1. The van der Waals surface area contributed by atoms with Crippen LogP contribution in [0.4, 0.5) is 0 Å². The monoisotopic (exact) mass is 109 g/mol. The Morgan fingerprint density at radius 1 is 1.29 bits per heavy atom. The van der Waals surface area contributed by atoms with Gasteiger partial charge in [0.15, 0.2) is 0 Å². The molecular weight excluding hydrogens is 95.9 g/mol. The minimum absolute atomic E-state index is 0. The molecule has 0 radical (unpaired) electrons. The molecule has 0 aromatic heterocycles. The van der Waals surface area contributed by atoms with E-state index in [0.29, 0.717) is 6.85 Å². The van der Waals surface area contributed by atoms with Crippen molar-refractivity contribution in [2.45, 2.75) is 26.5 Å². The van der Waals surface area contributed by atoms with Gasteiger partial charge in [-0.3, -0.25) is 0 Å². The van der Waals surface area contributed by atoms with E-state index in [2.05, 4.69) is 13.8 Å². The molecule has 0 saturated heterocycles. The summed E-state index contributed by atoms with van der Waals surface area (Å²) in [6, 6.07) is 0. The second-order valence-electron chi connectivity index (χ2n) is 1.58. The van der Waals surface area contributed by atoms with Gasteiger partial charge >= 0.3 is 29.6 Å². The Morgan fingerprint density at radius 3 is 1.57 bits per heavy atom. The van der Waals surface area contributed by atoms with Crippen LogP contribution >= 0.6 is 0 Å². The third-order valence-corrected chi connectivity index (χ3v) is 1.05. The van der Waals surface area contributed by atoms with Crippen molar-refractivity contribution >= 4 is 36.4 Å². The quantitative estimate of drug-likeness (QED) is 0.508. The third-order valence-electron chi connectivity index (χ3n) is 1.05. The molecule has 0 aromatic rings. The molecule has 0 spiro atoms. The zero-order valence-electron chi connectivity index (χ0n) is 4.57. The Labute approximate surface area is 68.4 Å². The van der Waals surface area contributed by atoms with E-state index in [0.717, 1.165) is 12.6 Å². The zero-order valence-corrected chi connectivity index (χ0v) is 4.57. The van der Waals surface area contributed by atoms with Crippen molar-refractivity contribution in [3.05, 3.63) is 0 Å². The predicted octanol–water partition coefficient (Wildman–Crippen LogP) is 0.328. The first-order valence-electron chi connectivity index (χ1n) is 2.56. The van der Waals surface area contributed by atoms with Crippen molar-refractivity contribution in [2.24, 2.45) is 5.64 Å². The van der Waals surface area contributed by atoms with Gasteiger partial charge in [-0.25, -0.2) is 0 Å². The van der Waals surface area contributed by atoms with Gasteiger partial charge in [0.05, 0.1) is 0 Å². The Balaban J connectivity index is 0. The van der Waals surface area contributed by atoms with E-state index in [4.69, 9.17) is 5.64 Å². The fraction of sp³-hybridized carbons (Fsp3) is 1.00. The SMILES string of the molecule is CCB(N)CC.[NaH]. The van der Waals surface area contributed by atoms with Gasteiger partial charge in [-0.2, -0.15) is 0 Å². The zero-order chi connectivity index (χ0) is 4.99. The summed E-state index contributed by atoms with van der Waals surface area (Å²) in [5, 5.41) is 0. The molecule has 0 amide bonds. The van der Waals surface area contributed by atoms with E-state index in [-0.39, 0.29) is 29.6 Å². The average Bonchev–Trinajstić information content (AvgIpc) is 1.65. The van der Waals surface area contributed by atoms with Gasteiger partial charge in [0.25, 0.3) is 0 Å². The first kappa shape index (κ1) is 10.9. The van der Waals surface area contributed by atoms with Crippen LogP contribution in [0.1, 0.15) is 13.8 Å². The van der Waals surface area contributed by atoms with Crippen molar-refractivity contribution in [3.8, 4) is 0 Å². The Morgan fingerprint density at radius 2 is 1.57 bits per heavy atom. The van der Waals surface area contributed by atoms with E-state index in [1.54, 1.807) is 0 Å². The fourth-order valence-electron chi connectivity index (χ4n) is 0.289. The summed E-state index contributed by atoms with van der Waals surface area (Å²) in [5.41, 5.74) is 5.47. The minimum atomic E-state index is 0. The third kappa shape index (κ3) is 7.02. The van der Waals surface area contributed by atoms with Gasteiger partial charge in [0.1, 0.15) is 0 Å². The number of hydrogen-bond acceptors (Lipinski definition) is 1. The van der Waals surface area contributed by atoms with Gasteiger partial charge in [-0.05, 0) is 0 Å². The molecule has 0 aromatic carbocycles. The first-order valence-corrected chi connectivity index (χ1v) is 2.56. The standard InChI is InChI=1S/C4H12BN.Na.H/c1-3-5(6)4-2;;/h3-4,6H2,1-2H3;;. The Bertz CT molecular complexity index is 30.9. The molecule has 0 aliphatic rings. The summed E-state index contributed by atoms with van der Waals surface area (Å²) < 4.78 is 0. The van der Waals surface area contributed by atoms with Crippen molar-refractivity contribution in [1.29, 1.82) is 0 Å². The van der Waals surface area contributed by atoms with Crippen LogP contribution in [-0.2, 0) is 0 Å². The molecule has 0 unspecified atom stereocenters. The molecule has 2 N–H and O–H groups in total. The maximum atomic E-state index is 5.47. The Hall–Kier alpha value is 1.02. The van der Waals surface area contributed by atoms with Crippen molar-refractivity contribution in [1.82, 2.24) is 0 Å². The molecular formula is C4H13BNNa. The summed E-state index contributed by atoms with van der Waals surface area (Å²) in [4.78, 5) is 0. The summed E-state index contributed by atoms with van der Waals surface area (Å²) in [6.45, 7) is 4.65. The molecule has 0 aliphatic carbocycles. The second kappa shape index (κ2) is 7.02. The van der Waals surface area contributed by atoms with E-state index in [1.807, 2.05) is 0 Å². The maximum absolute atomic E-state index is 5.47. The summed E-state index contributed by atoms with van der Waals surface area (Å²) in [5.74, 6) is 0. The van der Waals surface area contributed by atoms with Crippen LogP contribution < -0.4 is 5.64 Å². The number of nitrogens with two attached hydrogens (primary N) is 1. The van der Waals surface area contributed by atoms with Gasteiger partial charge in [-0.1, -0.05) is 26.5 Å². The van der Waals surface area contributed by atoms with Crippen LogP contribution in [0.2, 0.25) is 12.6 Å². The van der Waals surface area contributed by atoms with Gasteiger partial charge in [0, 0.05) is 0 Å². The predicted molar refractivity (Wildman–Crippen MR) is 38.1 cm³/mol. The van der Waals surface area contributed by atoms with Crippen molar-refractivity contribution in [2.75, 3.05) is 0 Å². The van der Waals surface area contributed by atoms with Gasteiger partial charge in [0.2, 0.25) is 6.85 Å². The van der Waals surface area contributed by atoms with E-state index in [1.165, 1.54) is 0 Å². The molecule has 0 fully saturated rings. The Kier molecular flexibility index (Phi) is 10.9. The van der Waals surface area contributed by atoms with Crippen LogP contribution in [0.5, 0.6) is 0 Å². The molecule has 3 heteroatoms. The molecule has 0 bridgehead atoms. The molecule has 0 saturated carbocycles. The second-order valence-corrected chi connectivity index (χ2v) is 1.58.